The Morgan fingerprint density at radius 2 is 2.06 bits per heavy atom. The molecule has 4 heteroatoms. The van der Waals surface area contributed by atoms with Gasteiger partial charge < -0.3 is 15.5 Å². The molecular formula is C12H17NO3. The normalized spacial score (nSPS) is 12.2. The van der Waals surface area contributed by atoms with Gasteiger partial charge in [-0.1, -0.05) is 6.07 Å². The molecule has 0 heterocycles. The summed E-state index contributed by atoms with van der Waals surface area (Å²) >= 11 is 0. The lowest BCUT2D eigenvalue weighted by atomic mass is 10.1. The number of aliphatic hydroxyl groups excluding tert-OH is 2. The molecule has 1 aromatic carbocycles. The third kappa shape index (κ3) is 3.32. The summed E-state index contributed by atoms with van der Waals surface area (Å²) in [5.74, 6) is -0.240. The van der Waals surface area contributed by atoms with Crippen LogP contribution in [-0.2, 0) is 0 Å². The van der Waals surface area contributed by atoms with E-state index in [1.165, 1.54) is 0 Å². The quantitative estimate of drug-likeness (QED) is 0.691. The number of benzene rings is 1. The number of rotatable bonds is 4. The van der Waals surface area contributed by atoms with Crippen molar-refractivity contribution in [3.63, 3.8) is 0 Å². The maximum atomic E-state index is 11.6. The van der Waals surface area contributed by atoms with Gasteiger partial charge in [-0.3, -0.25) is 4.79 Å². The predicted molar refractivity (Wildman–Crippen MR) is 61.3 cm³/mol. The first kappa shape index (κ1) is 12.7. The minimum atomic E-state index is -0.907. The molecule has 1 atom stereocenters. The van der Waals surface area contributed by atoms with Crippen LogP contribution in [0.25, 0.3) is 0 Å². The fourth-order valence-corrected chi connectivity index (χ4v) is 1.26. The van der Waals surface area contributed by atoms with Gasteiger partial charge in [-0.05, 0) is 37.1 Å². The molecule has 0 aromatic heterocycles. The van der Waals surface area contributed by atoms with Gasteiger partial charge in [-0.25, -0.2) is 0 Å². The second kappa shape index (κ2) is 5.63. The van der Waals surface area contributed by atoms with Crippen LogP contribution in [0.2, 0.25) is 0 Å². The van der Waals surface area contributed by atoms with Gasteiger partial charge in [0, 0.05) is 12.1 Å². The van der Waals surface area contributed by atoms with E-state index in [1.807, 2.05) is 19.9 Å². The Morgan fingerprint density at radius 1 is 1.38 bits per heavy atom. The van der Waals surface area contributed by atoms with Crippen LogP contribution in [0.1, 0.15) is 21.5 Å². The van der Waals surface area contributed by atoms with Crippen LogP contribution in [0.15, 0.2) is 18.2 Å². The van der Waals surface area contributed by atoms with E-state index in [2.05, 4.69) is 5.32 Å². The number of amides is 1. The van der Waals surface area contributed by atoms with E-state index < -0.39 is 6.10 Å². The number of nitrogens with one attached hydrogen (secondary N) is 1. The standard InChI is InChI=1S/C12H17NO3/c1-8-3-4-10(5-9(8)2)12(16)13-6-11(15)7-14/h3-5,11,14-15H,6-7H2,1-2H3,(H,13,16). The van der Waals surface area contributed by atoms with E-state index >= 15 is 0 Å². The average molecular weight is 223 g/mol. The van der Waals surface area contributed by atoms with E-state index in [0.717, 1.165) is 11.1 Å². The summed E-state index contributed by atoms with van der Waals surface area (Å²) < 4.78 is 0. The first-order valence-corrected chi connectivity index (χ1v) is 5.19. The summed E-state index contributed by atoms with van der Waals surface area (Å²) in [6, 6.07) is 5.42. The molecule has 1 amide bonds. The molecule has 0 saturated heterocycles. The smallest absolute Gasteiger partial charge is 0.251 e. The Labute approximate surface area is 94.9 Å². The molecule has 1 aromatic rings. The third-order valence-electron chi connectivity index (χ3n) is 2.48. The van der Waals surface area contributed by atoms with Crippen molar-refractivity contribution in [2.45, 2.75) is 20.0 Å². The van der Waals surface area contributed by atoms with Crippen LogP contribution < -0.4 is 5.32 Å². The highest BCUT2D eigenvalue weighted by Gasteiger charge is 2.08. The Bertz CT molecular complexity index is 377. The van der Waals surface area contributed by atoms with Gasteiger partial charge >= 0.3 is 0 Å². The van der Waals surface area contributed by atoms with Crippen molar-refractivity contribution in [2.24, 2.45) is 0 Å². The van der Waals surface area contributed by atoms with Gasteiger partial charge in [-0.15, -0.1) is 0 Å². The second-order valence-electron chi connectivity index (χ2n) is 3.85. The Balaban J connectivity index is 2.63. The molecule has 4 nitrogen and oxygen atoms in total. The van der Waals surface area contributed by atoms with Gasteiger partial charge in [0.25, 0.3) is 5.91 Å². The van der Waals surface area contributed by atoms with Crippen LogP contribution in [0.4, 0.5) is 0 Å². The molecule has 1 unspecified atom stereocenters. The lowest BCUT2D eigenvalue weighted by Gasteiger charge is -2.09. The average Bonchev–Trinajstić information content (AvgIpc) is 2.29. The summed E-state index contributed by atoms with van der Waals surface area (Å²) in [7, 11) is 0. The minimum Gasteiger partial charge on any atom is -0.394 e. The van der Waals surface area contributed by atoms with Crippen molar-refractivity contribution in [3.8, 4) is 0 Å². The molecule has 1 rings (SSSR count). The van der Waals surface area contributed by atoms with Crippen molar-refractivity contribution < 1.29 is 15.0 Å². The topological polar surface area (TPSA) is 69.6 Å². The molecule has 0 radical (unpaired) electrons. The summed E-state index contributed by atoms with van der Waals surface area (Å²) in [5.41, 5.74) is 2.75. The fraction of sp³-hybridized carbons (Fsp3) is 0.417. The molecule has 3 N–H and O–H groups in total. The van der Waals surface area contributed by atoms with E-state index in [0.29, 0.717) is 5.56 Å². The highest BCUT2D eigenvalue weighted by atomic mass is 16.3. The molecular weight excluding hydrogens is 206 g/mol. The zero-order valence-electron chi connectivity index (χ0n) is 9.53. The van der Waals surface area contributed by atoms with E-state index in [9.17, 15) is 4.79 Å². The van der Waals surface area contributed by atoms with Gasteiger partial charge in [0.05, 0.1) is 12.7 Å². The maximum absolute atomic E-state index is 11.6. The highest BCUT2D eigenvalue weighted by molar-refractivity contribution is 5.94. The van der Waals surface area contributed by atoms with Crippen molar-refractivity contribution in [1.29, 1.82) is 0 Å². The van der Waals surface area contributed by atoms with Crippen LogP contribution in [0.5, 0.6) is 0 Å². The molecule has 0 aliphatic carbocycles. The molecule has 0 bridgehead atoms. The van der Waals surface area contributed by atoms with Crippen molar-refractivity contribution in [1.82, 2.24) is 5.32 Å². The summed E-state index contributed by atoms with van der Waals surface area (Å²) in [6.45, 7) is 3.62. The number of carbonyl (C=O) groups is 1. The van der Waals surface area contributed by atoms with Crippen molar-refractivity contribution in [2.75, 3.05) is 13.2 Å². The Morgan fingerprint density at radius 3 is 2.62 bits per heavy atom. The number of carbonyl (C=O) groups excluding carboxylic acids is 1. The van der Waals surface area contributed by atoms with Gasteiger partial charge in [0.15, 0.2) is 0 Å². The van der Waals surface area contributed by atoms with Gasteiger partial charge in [0.1, 0.15) is 0 Å². The lowest BCUT2D eigenvalue weighted by Crippen LogP contribution is -2.33. The minimum absolute atomic E-state index is 0.0578. The van der Waals surface area contributed by atoms with Crippen molar-refractivity contribution >= 4 is 5.91 Å². The molecule has 0 aliphatic heterocycles. The van der Waals surface area contributed by atoms with Gasteiger partial charge in [0.2, 0.25) is 0 Å². The van der Waals surface area contributed by atoms with Crippen LogP contribution >= 0.6 is 0 Å². The zero-order valence-corrected chi connectivity index (χ0v) is 9.53. The van der Waals surface area contributed by atoms with E-state index in [1.54, 1.807) is 12.1 Å². The maximum Gasteiger partial charge on any atom is 0.251 e. The number of aliphatic hydroxyl groups is 2. The first-order chi connectivity index (χ1) is 7.54. The number of aryl methyl sites for hydroxylation is 2. The highest BCUT2D eigenvalue weighted by Crippen LogP contribution is 2.09. The zero-order chi connectivity index (χ0) is 12.1. The number of hydrogen-bond donors (Lipinski definition) is 3. The summed E-state index contributed by atoms with van der Waals surface area (Å²) in [5, 5.41) is 20.2. The molecule has 88 valence electrons. The van der Waals surface area contributed by atoms with Crippen LogP contribution in [0.3, 0.4) is 0 Å². The second-order valence-corrected chi connectivity index (χ2v) is 3.85. The Hall–Kier alpha value is -1.39. The molecule has 0 fully saturated rings. The van der Waals surface area contributed by atoms with E-state index in [4.69, 9.17) is 10.2 Å². The Kier molecular flexibility index (Phi) is 4.46. The first-order valence-electron chi connectivity index (χ1n) is 5.19. The largest absolute Gasteiger partial charge is 0.394 e. The fourth-order valence-electron chi connectivity index (χ4n) is 1.26. The third-order valence-corrected chi connectivity index (χ3v) is 2.48. The van der Waals surface area contributed by atoms with Gasteiger partial charge in [-0.2, -0.15) is 0 Å². The van der Waals surface area contributed by atoms with E-state index in [-0.39, 0.29) is 19.1 Å². The summed E-state index contributed by atoms with van der Waals surface area (Å²) in [6.07, 6.45) is -0.907. The summed E-state index contributed by atoms with van der Waals surface area (Å²) in [4.78, 5) is 11.6. The number of hydrogen-bond acceptors (Lipinski definition) is 3. The molecule has 16 heavy (non-hydrogen) atoms. The van der Waals surface area contributed by atoms with Crippen LogP contribution in [0, 0.1) is 13.8 Å². The monoisotopic (exact) mass is 223 g/mol. The SMILES string of the molecule is Cc1ccc(C(=O)NCC(O)CO)cc1C. The molecule has 0 aliphatic rings. The predicted octanol–water partition coefficient (Wildman–Crippen LogP) is 0.386. The van der Waals surface area contributed by atoms with Crippen molar-refractivity contribution in [3.05, 3.63) is 34.9 Å². The molecule has 0 saturated carbocycles. The lowest BCUT2D eigenvalue weighted by molar-refractivity contribution is 0.0802. The van der Waals surface area contributed by atoms with Crippen LogP contribution in [-0.4, -0.2) is 35.4 Å². The molecule has 0 spiro atoms.